The highest BCUT2D eigenvalue weighted by molar-refractivity contribution is 5.80. The van der Waals surface area contributed by atoms with E-state index < -0.39 is 11.6 Å². The number of aryl methyl sites for hydroxylation is 1. The number of hydrogen-bond acceptors (Lipinski definition) is 6. The van der Waals surface area contributed by atoms with Crippen LogP contribution in [0.25, 0.3) is 11.0 Å². The molecule has 0 amide bonds. The van der Waals surface area contributed by atoms with Crippen LogP contribution in [-0.4, -0.2) is 40.3 Å². The fourth-order valence-corrected chi connectivity index (χ4v) is 4.19. The monoisotopic (exact) mass is 461 g/mol. The number of carbonyl (C=O) groups is 1. The Hall–Kier alpha value is -2.73. The number of benzene rings is 1. The van der Waals surface area contributed by atoms with Crippen LogP contribution in [0, 0.1) is 28.9 Å². The van der Waals surface area contributed by atoms with Gasteiger partial charge < -0.3 is 14.2 Å². The number of rotatable bonds is 10. The molecule has 0 unspecified atom stereocenters. The first kappa shape index (κ1) is 23.4. The molecule has 0 saturated heterocycles. The third kappa shape index (κ3) is 5.61. The molecule has 0 aliphatic heterocycles. The highest BCUT2D eigenvalue weighted by atomic mass is 19.1. The van der Waals surface area contributed by atoms with Gasteiger partial charge >= 0.3 is 0 Å². The van der Waals surface area contributed by atoms with Gasteiger partial charge in [-0.15, -0.1) is 0 Å². The Morgan fingerprint density at radius 3 is 2.48 bits per heavy atom. The minimum Gasteiger partial charge on any atom is -0.487 e. The fourth-order valence-electron chi connectivity index (χ4n) is 4.19. The Balaban J connectivity index is 1.32. The minimum absolute atomic E-state index is 0.0394. The number of Topliss-reactive ketones (excluding diaryl/α,β-unsaturated/α-hetero) is 1. The Kier molecular flexibility index (Phi) is 7.13. The average Bonchev–Trinajstić information content (AvgIpc) is 3.54. The lowest BCUT2D eigenvalue weighted by Crippen LogP contribution is -2.30. The van der Waals surface area contributed by atoms with Crippen LogP contribution in [-0.2, 0) is 16.6 Å². The normalized spacial score (nSPS) is 21.5. The van der Waals surface area contributed by atoms with Crippen molar-refractivity contribution in [3.05, 3.63) is 17.7 Å². The van der Waals surface area contributed by atoms with Gasteiger partial charge in [0, 0.05) is 26.1 Å². The van der Waals surface area contributed by atoms with E-state index >= 15 is 0 Å². The van der Waals surface area contributed by atoms with Crippen molar-refractivity contribution in [3.8, 4) is 17.8 Å². The zero-order chi connectivity index (χ0) is 23.5. The molecule has 2 fully saturated rings. The molecule has 7 nitrogen and oxygen atoms in total. The smallest absolute Gasteiger partial charge is 0.297 e. The third-order valence-electron chi connectivity index (χ3n) is 6.14. The topological polar surface area (TPSA) is 86.4 Å². The second kappa shape index (κ2) is 10.0. The molecule has 0 spiro atoms. The Bertz CT molecular complexity index is 1050. The molecular weight excluding hydrogens is 432 g/mol. The van der Waals surface area contributed by atoms with E-state index in [4.69, 9.17) is 19.5 Å². The summed E-state index contributed by atoms with van der Waals surface area (Å²) in [5.74, 6) is -1.33. The standard InChI is InChI=1S/C24H29F2N3O4/c1-14(11-15(30)9-10-27)13-31-16-3-5-18(6-4-16)33-24-28-22-19(25)12-20(32-17-7-8-17)21(26)23(22)29(24)2/h12,14,16-18H,3-9,11,13H2,1-2H3/t14-,16?,18?/m1/s1. The van der Waals surface area contributed by atoms with Crippen LogP contribution in [0.5, 0.6) is 11.8 Å². The molecule has 2 saturated carbocycles. The van der Waals surface area contributed by atoms with Crippen molar-refractivity contribution in [2.24, 2.45) is 13.0 Å². The molecule has 0 bridgehead atoms. The van der Waals surface area contributed by atoms with Crippen molar-refractivity contribution in [2.45, 2.75) is 76.6 Å². The van der Waals surface area contributed by atoms with Crippen LogP contribution in [0.1, 0.15) is 58.3 Å². The lowest BCUT2D eigenvalue weighted by Gasteiger charge is -2.29. The van der Waals surface area contributed by atoms with Crippen molar-refractivity contribution >= 4 is 16.8 Å². The van der Waals surface area contributed by atoms with E-state index in [2.05, 4.69) is 4.98 Å². The van der Waals surface area contributed by atoms with Crippen LogP contribution < -0.4 is 9.47 Å². The van der Waals surface area contributed by atoms with Crippen molar-refractivity contribution in [2.75, 3.05) is 6.61 Å². The first-order chi connectivity index (χ1) is 15.9. The number of imidazole rings is 1. The van der Waals surface area contributed by atoms with E-state index in [1.807, 2.05) is 13.0 Å². The van der Waals surface area contributed by atoms with E-state index in [-0.39, 0.29) is 59.2 Å². The highest BCUT2D eigenvalue weighted by Gasteiger charge is 2.29. The second-order valence-electron chi connectivity index (χ2n) is 9.17. The summed E-state index contributed by atoms with van der Waals surface area (Å²) in [5.41, 5.74) is -0.0253. The molecule has 1 aromatic heterocycles. The van der Waals surface area contributed by atoms with Gasteiger partial charge in [-0.25, -0.2) is 8.78 Å². The first-order valence-corrected chi connectivity index (χ1v) is 11.5. The maximum absolute atomic E-state index is 15.0. The van der Waals surface area contributed by atoms with Crippen molar-refractivity contribution in [3.63, 3.8) is 0 Å². The number of nitrogens with zero attached hydrogens (tertiary/aromatic N) is 3. The van der Waals surface area contributed by atoms with Crippen LogP contribution in [0.4, 0.5) is 8.78 Å². The molecule has 1 heterocycles. The van der Waals surface area contributed by atoms with Gasteiger partial charge in [0.1, 0.15) is 22.9 Å². The van der Waals surface area contributed by atoms with Gasteiger partial charge in [-0.3, -0.25) is 9.36 Å². The van der Waals surface area contributed by atoms with Gasteiger partial charge in [0.25, 0.3) is 6.01 Å². The maximum atomic E-state index is 15.0. The lowest BCUT2D eigenvalue weighted by molar-refractivity contribution is -0.119. The van der Waals surface area contributed by atoms with Gasteiger partial charge in [-0.1, -0.05) is 6.92 Å². The summed E-state index contributed by atoms with van der Waals surface area (Å²) in [4.78, 5) is 15.8. The summed E-state index contributed by atoms with van der Waals surface area (Å²) >= 11 is 0. The number of hydrogen-bond donors (Lipinski definition) is 0. The molecule has 178 valence electrons. The molecule has 2 aromatic rings. The summed E-state index contributed by atoms with van der Waals surface area (Å²) in [7, 11) is 1.61. The zero-order valence-corrected chi connectivity index (χ0v) is 19.0. The number of ether oxygens (including phenoxy) is 3. The number of fused-ring (bicyclic) bond motifs is 1. The first-order valence-electron chi connectivity index (χ1n) is 11.5. The summed E-state index contributed by atoms with van der Waals surface area (Å²) in [6.07, 6.45) is 4.94. The molecular formula is C24H29F2N3O4. The van der Waals surface area contributed by atoms with E-state index in [1.165, 1.54) is 4.57 Å². The summed E-state index contributed by atoms with van der Waals surface area (Å²) in [5, 5.41) is 8.58. The fraction of sp³-hybridized carbons (Fsp3) is 0.625. The second-order valence-corrected chi connectivity index (χ2v) is 9.17. The van der Waals surface area contributed by atoms with E-state index in [0.29, 0.717) is 13.0 Å². The van der Waals surface area contributed by atoms with Gasteiger partial charge in [0.15, 0.2) is 17.4 Å². The molecule has 1 aromatic carbocycles. The number of nitriles is 1. The zero-order valence-electron chi connectivity index (χ0n) is 19.0. The molecule has 33 heavy (non-hydrogen) atoms. The van der Waals surface area contributed by atoms with Gasteiger partial charge in [-0.2, -0.15) is 10.2 Å². The Morgan fingerprint density at radius 2 is 1.82 bits per heavy atom. The molecule has 2 aliphatic carbocycles. The Labute approximate surface area is 191 Å². The number of carbonyl (C=O) groups excluding carboxylic acids is 1. The van der Waals surface area contributed by atoms with Crippen LogP contribution >= 0.6 is 0 Å². The van der Waals surface area contributed by atoms with Crippen molar-refractivity contribution in [1.29, 1.82) is 5.26 Å². The summed E-state index contributed by atoms with van der Waals surface area (Å²) in [6, 6.07) is 3.12. The molecule has 9 heteroatoms. The van der Waals surface area contributed by atoms with Gasteiger partial charge in [0.05, 0.1) is 24.7 Å². The van der Waals surface area contributed by atoms with Crippen molar-refractivity contribution in [1.82, 2.24) is 9.55 Å². The average molecular weight is 462 g/mol. The summed E-state index contributed by atoms with van der Waals surface area (Å²) in [6.45, 7) is 2.41. The van der Waals surface area contributed by atoms with Gasteiger partial charge in [0.2, 0.25) is 0 Å². The molecule has 1 atom stereocenters. The predicted octanol–water partition coefficient (Wildman–Crippen LogP) is 4.61. The third-order valence-corrected chi connectivity index (χ3v) is 6.14. The predicted molar refractivity (Wildman–Crippen MR) is 116 cm³/mol. The largest absolute Gasteiger partial charge is 0.487 e. The quantitative estimate of drug-likeness (QED) is 0.514. The number of aromatic nitrogens is 2. The molecule has 2 aliphatic rings. The van der Waals surface area contributed by atoms with E-state index in [0.717, 1.165) is 44.6 Å². The van der Waals surface area contributed by atoms with E-state index in [9.17, 15) is 13.6 Å². The lowest BCUT2D eigenvalue weighted by atomic mass is 9.94. The van der Waals surface area contributed by atoms with Crippen LogP contribution in [0.15, 0.2) is 6.07 Å². The maximum Gasteiger partial charge on any atom is 0.297 e. The number of ketones is 1. The van der Waals surface area contributed by atoms with E-state index in [1.54, 1.807) is 7.05 Å². The Morgan fingerprint density at radius 1 is 1.18 bits per heavy atom. The van der Waals surface area contributed by atoms with Crippen molar-refractivity contribution < 1.29 is 27.8 Å². The highest BCUT2D eigenvalue weighted by Crippen LogP contribution is 2.35. The SMILES string of the molecule is C[C@@H](COC1CCC(Oc2nc3c(F)cc(OC4CC4)c(F)c3n2C)CC1)CC(=O)CC#N. The van der Waals surface area contributed by atoms with Crippen LogP contribution in [0.2, 0.25) is 0 Å². The van der Waals surface area contributed by atoms with Gasteiger partial charge in [-0.05, 0) is 44.4 Å². The molecule has 0 radical (unpaired) electrons. The molecule has 0 N–H and O–H groups in total. The number of halogens is 2. The summed E-state index contributed by atoms with van der Waals surface area (Å²) < 4.78 is 48.4. The van der Waals surface area contributed by atoms with Crippen LogP contribution in [0.3, 0.4) is 0 Å². The molecule has 4 rings (SSSR count). The minimum atomic E-state index is -0.632.